The van der Waals surface area contributed by atoms with Crippen LogP contribution >= 0.6 is 0 Å². The smallest absolute Gasteiger partial charge is 0.314 e. The molecule has 0 aliphatic heterocycles. The molecule has 0 bridgehead atoms. The van der Waals surface area contributed by atoms with Crippen LogP contribution in [0.1, 0.15) is 103 Å². The Morgan fingerprint density at radius 3 is 2.55 bits per heavy atom. The molecule has 1 aliphatic rings. The molecule has 1 atom stereocenters. The molecule has 1 fully saturated rings. The molecule has 8 heteroatoms. The fourth-order valence-electron chi connectivity index (χ4n) is 4.57. The Labute approximate surface area is 196 Å². The van der Waals surface area contributed by atoms with Crippen molar-refractivity contribution < 1.29 is 24.0 Å². The molecular formula is C25H39FN2O5. The Morgan fingerprint density at radius 1 is 1.21 bits per heavy atom. The average Bonchev–Trinajstić information content (AvgIpc) is 2.79. The molecular weight excluding hydrogens is 427 g/mol. The fourth-order valence-corrected chi connectivity index (χ4v) is 4.57. The summed E-state index contributed by atoms with van der Waals surface area (Å²) in [6, 6.07) is 2.72. The molecule has 0 heterocycles. The standard InChI is InChI=1S/C25H39FN2O5/c1-3-4-17-27(20-12-8-7-9-13-20)23(30)14-10-5-6-11-18-33-22-16-15-21(26)25(28(31)32)24(22)19(2)29/h15-16,19-20,29H,3-14,17-18H2,1-2H3. The van der Waals surface area contributed by atoms with Gasteiger partial charge in [-0.25, -0.2) is 0 Å². The number of hydrogen-bond donors (Lipinski definition) is 1. The summed E-state index contributed by atoms with van der Waals surface area (Å²) in [6.07, 6.45) is 10.7. The average molecular weight is 467 g/mol. The number of nitro groups is 1. The second-order valence-corrected chi connectivity index (χ2v) is 8.99. The van der Waals surface area contributed by atoms with Crippen LogP contribution in [-0.2, 0) is 4.79 Å². The second-order valence-electron chi connectivity index (χ2n) is 8.99. The van der Waals surface area contributed by atoms with E-state index in [4.69, 9.17) is 4.74 Å². The van der Waals surface area contributed by atoms with E-state index in [-0.39, 0.29) is 17.2 Å². The lowest BCUT2D eigenvalue weighted by atomic mass is 9.93. The van der Waals surface area contributed by atoms with Crippen LogP contribution in [0.5, 0.6) is 5.75 Å². The third-order valence-electron chi connectivity index (χ3n) is 6.36. The number of benzene rings is 1. The molecule has 186 valence electrons. The first-order chi connectivity index (χ1) is 15.9. The Morgan fingerprint density at radius 2 is 1.91 bits per heavy atom. The van der Waals surface area contributed by atoms with E-state index in [2.05, 4.69) is 11.8 Å². The summed E-state index contributed by atoms with van der Waals surface area (Å²) >= 11 is 0. The summed E-state index contributed by atoms with van der Waals surface area (Å²) in [6.45, 7) is 4.67. The van der Waals surface area contributed by atoms with E-state index in [1.54, 1.807) is 0 Å². The van der Waals surface area contributed by atoms with Gasteiger partial charge in [0, 0.05) is 19.0 Å². The van der Waals surface area contributed by atoms with Gasteiger partial charge < -0.3 is 14.7 Å². The molecule has 1 aromatic rings. The van der Waals surface area contributed by atoms with Crippen LogP contribution in [0.25, 0.3) is 0 Å². The minimum absolute atomic E-state index is 0.132. The van der Waals surface area contributed by atoms with Crippen molar-refractivity contribution in [3.05, 3.63) is 33.6 Å². The number of carbonyl (C=O) groups is 1. The van der Waals surface area contributed by atoms with E-state index in [1.807, 2.05) is 0 Å². The first-order valence-electron chi connectivity index (χ1n) is 12.4. The lowest BCUT2D eigenvalue weighted by Gasteiger charge is -2.34. The number of carbonyl (C=O) groups excluding carboxylic acids is 1. The van der Waals surface area contributed by atoms with E-state index in [9.17, 15) is 24.4 Å². The maximum absolute atomic E-state index is 13.8. The molecule has 2 rings (SSSR count). The van der Waals surface area contributed by atoms with Gasteiger partial charge in [-0.3, -0.25) is 14.9 Å². The number of amides is 1. The number of aliphatic hydroxyl groups excluding tert-OH is 1. The molecule has 1 saturated carbocycles. The zero-order chi connectivity index (χ0) is 24.2. The van der Waals surface area contributed by atoms with E-state index < -0.39 is 22.5 Å². The number of rotatable bonds is 14. The van der Waals surface area contributed by atoms with Crippen LogP contribution in [0.3, 0.4) is 0 Å². The molecule has 1 amide bonds. The number of ether oxygens (including phenoxy) is 1. The lowest BCUT2D eigenvalue weighted by Crippen LogP contribution is -2.42. The van der Waals surface area contributed by atoms with Gasteiger partial charge in [-0.05, 0) is 51.2 Å². The van der Waals surface area contributed by atoms with Crippen molar-refractivity contribution in [2.75, 3.05) is 13.2 Å². The highest BCUT2D eigenvalue weighted by Gasteiger charge is 2.28. The molecule has 0 saturated heterocycles. The monoisotopic (exact) mass is 466 g/mol. The number of nitrogens with zero attached hydrogens (tertiary/aromatic N) is 2. The van der Waals surface area contributed by atoms with Gasteiger partial charge in [-0.2, -0.15) is 4.39 Å². The first kappa shape index (κ1) is 27.0. The van der Waals surface area contributed by atoms with Crippen molar-refractivity contribution in [2.24, 2.45) is 0 Å². The number of nitro benzene ring substituents is 1. The summed E-state index contributed by atoms with van der Waals surface area (Å²) in [7, 11) is 0. The zero-order valence-corrected chi connectivity index (χ0v) is 20.1. The Hall–Kier alpha value is -2.22. The van der Waals surface area contributed by atoms with Gasteiger partial charge in [-0.1, -0.05) is 45.4 Å². The molecule has 1 unspecified atom stereocenters. The molecule has 33 heavy (non-hydrogen) atoms. The van der Waals surface area contributed by atoms with Crippen molar-refractivity contribution in [3.8, 4) is 5.75 Å². The maximum atomic E-state index is 13.8. The molecule has 0 aromatic heterocycles. The van der Waals surface area contributed by atoms with Gasteiger partial charge in [0.1, 0.15) is 11.3 Å². The molecule has 0 spiro atoms. The minimum Gasteiger partial charge on any atom is -0.493 e. The normalized spacial score (nSPS) is 15.3. The second kappa shape index (κ2) is 14.1. The summed E-state index contributed by atoms with van der Waals surface area (Å²) in [5.41, 5.74) is -0.882. The predicted molar refractivity (Wildman–Crippen MR) is 126 cm³/mol. The van der Waals surface area contributed by atoms with Crippen LogP contribution in [-0.4, -0.2) is 40.0 Å². The highest BCUT2D eigenvalue weighted by atomic mass is 19.1. The van der Waals surface area contributed by atoms with Gasteiger partial charge in [0.05, 0.1) is 17.6 Å². The van der Waals surface area contributed by atoms with Crippen molar-refractivity contribution >= 4 is 11.6 Å². The number of halogens is 1. The minimum atomic E-state index is -1.22. The number of aliphatic hydroxyl groups is 1. The summed E-state index contributed by atoms with van der Waals surface area (Å²) in [5.74, 6) is -0.590. The van der Waals surface area contributed by atoms with Crippen LogP contribution in [0.15, 0.2) is 12.1 Å². The highest BCUT2D eigenvalue weighted by Crippen LogP contribution is 2.36. The maximum Gasteiger partial charge on any atom is 0.314 e. The Kier molecular flexibility index (Phi) is 11.6. The third kappa shape index (κ3) is 8.25. The van der Waals surface area contributed by atoms with Gasteiger partial charge >= 0.3 is 5.69 Å². The SMILES string of the molecule is CCCCN(C(=O)CCCCCCOc1ccc(F)c([N+](=O)[O-])c1C(C)O)C1CCCCC1. The molecule has 0 radical (unpaired) electrons. The van der Waals surface area contributed by atoms with Gasteiger partial charge in [-0.15, -0.1) is 0 Å². The molecule has 1 aromatic carbocycles. The number of hydrogen-bond acceptors (Lipinski definition) is 5. The van der Waals surface area contributed by atoms with E-state index in [0.29, 0.717) is 25.5 Å². The van der Waals surface area contributed by atoms with Crippen molar-refractivity contribution in [3.63, 3.8) is 0 Å². The van der Waals surface area contributed by atoms with Gasteiger partial charge in [0.25, 0.3) is 0 Å². The lowest BCUT2D eigenvalue weighted by molar-refractivity contribution is -0.388. The summed E-state index contributed by atoms with van der Waals surface area (Å²) in [4.78, 5) is 25.3. The third-order valence-corrected chi connectivity index (χ3v) is 6.36. The predicted octanol–water partition coefficient (Wildman–Crippen LogP) is 6.08. The molecule has 1 aliphatic carbocycles. The summed E-state index contributed by atoms with van der Waals surface area (Å²) in [5, 5.41) is 21.1. The quantitative estimate of drug-likeness (QED) is 0.204. The van der Waals surface area contributed by atoms with Gasteiger partial charge in [0.15, 0.2) is 0 Å². The molecule has 7 nitrogen and oxygen atoms in total. The van der Waals surface area contributed by atoms with E-state index in [0.717, 1.165) is 57.6 Å². The zero-order valence-electron chi connectivity index (χ0n) is 20.1. The van der Waals surface area contributed by atoms with Crippen LogP contribution < -0.4 is 4.74 Å². The summed E-state index contributed by atoms with van der Waals surface area (Å²) < 4.78 is 19.5. The number of unbranched alkanes of at least 4 members (excludes halogenated alkanes) is 4. The van der Waals surface area contributed by atoms with Crippen molar-refractivity contribution in [2.45, 2.75) is 103 Å². The highest BCUT2D eigenvalue weighted by molar-refractivity contribution is 5.76. The van der Waals surface area contributed by atoms with Crippen molar-refractivity contribution in [1.29, 1.82) is 0 Å². The van der Waals surface area contributed by atoms with Crippen LogP contribution in [0.2, 0.25) is 0 Å². The van der Waals surface area contributed by atoms with Crippen LogP contribution in [0, 0.1) is 15.9 Å². The largest absolute Gasteiger partial charge is 0.493 e. The molecule has 1 N–H and O–H groups in total. The van der Waals surface area contributed by atoms with Gasteiger partial charge in [0.2, 0.25) is 11.7 Å². The fraction of sp³-hybridized carbons (Fsp3) is 0.720. The van der Waals surface area contributed by atoms with Crippen LogP contribution in [0.4, 0.5) is 10.1 Å². The van der Waals surface area contributed by atoms with Crippen molar-refractivity contribution in [1.82, 2.24) is 4.90 Å². The first-order valence-corrected chi connectivity index (χ1v) is 12.4. The Balaban J connectivity index is 1.75. The van der Waals surface area contributed by atoms with E-state index in [1.165, 1.54) is 32.3 Å². The topological polar surface area (TPSA) is 92.9 Å². The van der Waals surface area contributed by atoms with E-state index >= 15 is 0 Å². The Bertz CT molecular complexity index is 765.